The fourth-order valence-electron chi connectivity index (χ4n) is 13.5. The molecule has 0 saturated carbocycles. The zero-order valence-electron chi connectivity index (χ0n) is 79.7. The highest BCUT2D eigenvalue weighted by atomic mass is 35.5. The highest BCUT2D eigenvalue weighted by Gasteiger charge is 2.29. The van der Waals surface area contributed by atoms with Gasteiger partial charge >= 0.3 is 0 Å². The van der Waals surface area contributed by atoms with Crippen LogP contribution in [0.25, 0.3) is 21.5 Å². The second kappa shape index (κ2) is 46.6. The van der Waals surface area contributed by atoms with Gasteiger partial charge in [0, 0.05) is 26.2 Å². The van der Waals surface area contributed by atoms with Crippen molar-refractivity contribution in [1.82, 2.24) is 0 Å². The molecule has 0 saturated heterocycles. The second-order valence-corrected chi connectivity index (χ2v) is 42.3. The summed E-state index contributed by atoms with van der Waals surface area (Å²) in [5, 5.41) is 68.9. The summed E-state index contributed by atoms with van der Waals surface area (Å²) in [4.78, 5) is 0. The van der Waals surface area contributed by atoms with Crippen LogP contribution in [0.15, 0.2) is 194 Å². The summed E-state index contributed by atoms with van der Waals surface area (Å²) in [7, 11) is 0. The van der Waals surface area contributed by atoms with Crippen LogP contribution < -0.4 is 18.9 Å². The van der Waals surface area contributed by atoms with Gasteiger partial charge < -0.3 is 18.9 Å². The molecule has 2 aliphatic heterocycles. The largest absolute Gasteiger partial charge is 0.486 e. The van der Waals surface area contributed by atoms with Gasteiger partial charge in [0.1, 0.15) is 44.4 Å². The quantitative estimate of drug-likeness (QED) is 0.151. The van der Waals surface area contributed by atoms with Crippen LogP contribution in [0.1, 0.15) is 289 Å². The molecule has 2 aliphatic rings. The van der Waals surface area contributed by atoms with Gasteiger partial charge in [-0.3, -0.25) is 0 Å². The molecule has 0 aromatic heterocycles. The average molecular weight is 1800 g/mol. The minimum Gasteiger partial charge on any atom is -0.486 e. The summed E-state index contributed by atoms with van der Waals surface area (Å²) in [6, 6.07) is 76.0. The number of para-hydroxylation sites is 1. The normalized spacial score (nSPS) is 12.0. The fourth-order valence-corrected chi connectivity index (χ4v) is 14.7. The molecule has 128 heavy (non-hydrogen) atoms. The van der Waals surface area contributed by atoms with Crippen molar-refractivity contribution in [1.29, 1.82) is 36.8 Å². The van der Waals surface area contributed by atoms with Gasteiger partial charge in [-0.05, 0) is 207 Å². The van der Waals surface area contributed by atoms with Crippen LogP contribution in [0.4, 0.5) is 4.39 Å². The minimum atomic E-state index is -0.299. The molecular formula is C112H130Cl4FN7O4. The maximum absolute atomic E-state index is 13.4. The van der Waals surface area contributed by atoms with E-state index in [9.17, 15) is 4.39 Å². The van der Waals surface area contributed by atoms with Gasteiger partial charge in [-0.15, -0.1) is 0 Å². The molecule has 11 nitrogen and oxygen atoms in total. The summed E-state index contributed by atoms with van der Waals surface area (Å²) in [6.07, 6.45) is 0.908. The van der Waals surface area contributed by atoms with Crippen molar-refractivity contribution in [2.75, 3.05) is 26.4 Å². The average Bonchev–Trinajstić information content (AvgIpc) is 0.762. The Labute approximate surface area is 785 Å². The summed E-state index contributed by atoms with van der Waals surface area (Å²) in [5.74, 6) is 2.83. The van der Waals surface area contributed by atoms with Gasteiger partial charge in [0.2, 0.25) is 0 Å². The van der Waals surface area contributed by atoms with Crippen LogP contribution in [-0.4, -0.2) is 26.4 Å². The number of hydrogen-bond acceptors (Lipinski definition) is 11. The Hall–Kier alpha value is -11.3. The van der Waals surface area contributed by atoms with Crippen LogP contribution in [0.2, 0.25) is 20.1 Å². The Bertz CT molecular complexity index is 5840. The molecular weight excluding hydrogens is 1670 g/mol. The van der Waals surface area contributed by atoms with E-state index in [1.807, 2.05) is 142 Å². The lowest BCUT2D eigenvalue weighted by atomic mass is 9.82. The Morgan fingerprint density at radius 2 is 0.672 bits per heavy atom. The molecule has 2 heterocycles. The molecule has 0 amide bonds. The summed E-state index contributed by atoms with van der Waals surface area (Å²) in [6.45, 7) is 62.0. The zero-order valence-corrected chi connectivity index (χ0v) is 82.7. The SMILES string of the molecule is C.CC(C)(C)Cc1c(Cl)cccc1Cl.CC(C)(C)c1ccc(C#N)c(Cl)c1.CC(C)(C)c1ccc(C#N)c2c1OCCO2.CC(C)(C)c1ccc(C#N)c2ccccc12.CC(C)(C)c1ccc(C#N)cc1.CC(C)(C)c1ccc(C#N)cc1Cl.CC(C)(C)c1ccc(C#N)cc1F.CC(C)(C)c1cccc2c1OCCO2.Cc1ccc2c(C#N)ccc(C(C)(C)C)c2c1. The van der Waals surface area contributed by atoms with E-state index in [1.54, 1.807) is 36.4 Å². The topological polar surface area (TPSA) is 203 Å². The molecule has 11 aromatic carbocycles. The predicted octanol–water partition coefficient (Wildman–Crippen LogP) is 31.8. The Morgan fingerprint density at radius 3 is 1.12 bits per heavy atom. The molecule has 0 unspecified atom stereocenters. The number of halogens is 5. The molecule has 0 spiro atoms. The van der Waals surface area contributed by atoms with Crippen LogP contribution in [0.5, 0.6) is 23.0 Å². The second-order valence-electron chi connectivity index (χ2n) is 40.6. The van der Waals surface area contributed by atoms with Crippen LogP contribution in [0.3, 0.4) is 0 Å². The maximum atomic E-state index is 13.4. The molecule has 13 rings (SSSR count). The first-order chi connectivity index (χ1) is 58.9. The van der Waals surface area contributed by atoms with Crippen molar-refractivity contribution in [3.63, 3.8) is 0 Å². The van der Waals surface area contributed by atoms with Gasteiger partial charge in [-0.1, -0.05) is 356 Å². The molecule has 0 N–H and O–H groups in total. The van der Waals surface area contributed by atoms with E-state index in [-0.39, 0.29) is 62.0 Å². The number of rotatable bonds is 1. The van der Waals surface area contributed by atoms with Gasteiger partial charge in [0.25, 0.3) is 0 Å². The minimum absolute atomic E-state index is 0. The number of benzene rings is 11. The van der Waals surface area contributed by atoms with E-state index in [2.05, 4.69) is 246 Å². The Kier molecular flexibility index (Phi) is 39.7. The maximum Gasteiger partial charge on any atom is 0.179 e. The first-order valence-electron chi connectivity index (χ1n) is 42.5. The molecule has 0 fully saturated rings. The van der Waals surface area contributed by atoms with E-state index in [0.29, 0.717) is 70.0 Å². The standard InChI is InChI=1S/C16H17N.C15H15N.C13H15NO2.C12H16O2.C11H14Cl2.2C11H12ClN.C11H12FN.C11H13N.CH4/c1-11-5-7-13-12(10-17)6-8-15(14(13)9-11)16(2,3)4;1-15(2,3)14-9-8-11(10-16)12-6-4-5-7-13(12)14;1-13(2,3)10-5-4-9(8-14)11-12(10)16-7-6-15-11;1-12(2,3)9-5-4-6-10-11(9)14-8-7-13-10;1-11(2,3)7-8-9(12)5-4-6-10(8)13;1-11(2,3)9-5-4-8(7-13)10(12)6-9;2*1-11(2,3)9-5-4-8(7-13)6-10(9)12;1-11(2,3)10-6-4-9(8-12)5-7-10;/h5-9H,1-4H3;4-9H,1-3H3;4-5H,6-7H2,1-3H3;4-6H,7-8H2,1-3H3;4-6H,7H2,1-3H3;3*4-6H,1-3H3;4-7H,1-3H3;1H4. The van der Waals surface area contributed by atoms with E-state index >= 15 is 0 Å². The molecule has 0 bridgehead atoms. The van der Waals surface area contributed by atoms with Crippen molar-refractivity contribution in [2.45, 2.75) is 251 Å². The van der Waals surface area contributed by atoms with Crippen molar-refractivity contribution in [3.8, 4) is 65.5 Å². The number of hydrogen-bond donors (Lipinski definition) is 0. The summed E-state index contributed by atoms with van der Waals surface area (Å²) < 4.78 is 35.8. The Morgan fingerprint density at radius 1 is 0.289 bits per heavy atom. The third-order valence-electron chi connectivity index (χ3n) is 20.4. The lowest BCUT2D eigenvalue weighted by Crippen LogP contribution is -2.21. The van der Waals surface area contributed by atoms with E-state index in [0.717, 1.165) is 83.4 Å². The number of nitriles is 7. The highest BCUT2D eigenvalue weighted by molar-refractivity contribution is 6.36. The van der Waals surface area contributed by atoms with Crippen molar-refractivity contribution in [2.24, 2.45) is 5.41 Å². The molecule has 0 radical (unpaired) electrons. The zero-order chi connectivity index (χ0) is 95.8. The van der Waals surface area contributed by atoms with Crippen LogP contribution in [0, 0.1) is 97.5 Å². The van der Waals surface area contributed by atoms with E-state index in [4.69, 9.17) is 102 Å². The van der Waals surface area contributed by atoms with E-state index in [1.165, 1.54) is 44.7 Å². The van der Waals surface area contributed by atoms with Gasteiger partial charge in [-0.2, -0.15) is 36.8 Å². The number of fused-ring (bicyclic) bond motifs is 4. The molecule has 672 valence electrons. The monoisotopic (exact) mass is 1800 g/mol. The highest BCUT2D eigenvalue weighted by Crippen LogP contribution is 2.44. The first kappa shape index (κ1) is 109. The van der Waals surface area contributed by atoms with Gasteiger partial charge in [-0.25, -0.2) is 4.39 Å². The molecule has 16 heteroatoms. The third-order valence-corrected chi connectivity index (χ3v) is 21.7. The Balaban J connectivity index is 0.000000302. The van der Waals surface area contributed by atoms with E-state index < -0.39 is 0 Å². The number of nitrogens with zero attached hydrogens (tertiary/aromatic N) is 7. The summed E-state index contributed by atoms with van der Waals surface area (Å²) >= 11 is 24.1. The predicted molar refractivity (Wildman–Crippen MR) is 532 cm³/mol. The molecule has 11 aromatic rings. The summed E-state index contributed by atoms with van der Waals surface area (Å²) in [5.41, 5.74) is 16.2. The van der Waals surface area contributed by atoms with Crippen molar-refractivity contribution >= 4 is 67.9 Å². The lowest BCUT2D eigenvalue weighted by molar-refractivity contribution is 0.167. The number of ether oxygens (including phenoxy) is 4. The van der Waals surface area contributed by atoms with Crippen molar-refractivity contribution in [3.05, 3.63) is 315 Å². The van der Waals surface area contributed by atoms with Crippen LogP contribution >= 0.6 is 46.4 Å². The first-order valence-corrected chi connectivity index (χ1v) is 44.0. The molecule has 0 aliphatic carbocycles. The fraction of sp³-hybridized carbons (Fsp3) is 0.384. The van der Waals surface area contributed by atoms with Crippen molar-refractivity contribution < 1.29 is 23.3 Å². The van der Waals surface area contributed by atoms with Gasteiger partial charge in [0.05, 0.1) is 74.3 Å². The van der Waals surface area contributed by atoms with Gasteiger partial charge in [0.15, 0.2) is 23.0 Å². The molecule has 0 atom stereocenters. The number of aryl methyl sites for hydroxylation is 1. The smallest absolute Gasteiger partial charge is 0.179 e. The third kappa shape index (κ3) is 32.4. The van der Waals surface area contributed by atoms with Crippen LogP contribution in [-0.2, 0) is 49.7 Å². The lowest BCUT2D eigenvalue weighted by Gasteiger charge is -2.27.